The van der Waals surface area contributed by atoms with Gasteiger partial charge in [-0.2, -0.15) is 0 Å². The quantitative estimate of drug-likeness (QED) is 0.927. The monoisotopic (exact) mass is 290 g/mol. The third-order valence-electron chi connectivity index (χ3n) is 3.75. The van der Waals surface area contributed by atoms with Crippen molar-refractivity contribution in [1.29, 1.82) is 0 Å². The highest BCUT2D eigenvalue weighted by Crippen LogP contribution is 2.22. The summed E-state index contributed by atoms with van der Waals surface area (Å²) < 4.78 is 5.09. The molecule has 1 aromatic rings. The van der Waals surface area contributed by atoms with Gasteiger partial charge in [0, 0.05) is 24.7 Å². The van der Waals surface area contributed by atoms with E-state index in [1.807, 2.05) is 0 Å². The molecule has 2 rings (SSSR count). The number of rotatable bonds is 4. The highest BCUT2D eigenvalue weighted by atomic mass is 16.5. The van der Waals surface area contributed by atoms with Crippen LogP contribution in [0, 0.1) is 0 Å². The van der Waals surface area contributed by atoms with Crippen LogP contribution in [0.15, 0.2) is 24.3 Å². The van der Waals surface area contributed by atoms with Crippen LogP contribution < -0.4 is 10.1 Å². The Balaban J connectivity index is 2.00. The summed E-state index contributed by atoms with van der Waals surface area (Å²) in [6, 6.07) is 7.11. The number of urea groups is 1. The summed E-state index contributed by atoms with van der Waals surface area (Å²) in [5.41, 5.74) is 0.730. The Morgan fingerprint density at radius 3 is 2.62 bits per heavy atom. The number of benzene rings is 1. The van der Waals surface area contributed by atoms with E-state index in [0.29, 0.717) is 13.0 Å². The number of Topliss-reactive ketones (excluding diaryl/α,β-unsaturated/α-hetero) is 1. The van der Waals surface area contributed by atoms with E-state index in [0.717, 1.165) is 30.7 Å². The summed E-state index contributed by atoms with van der Waals surface area (Å²) >= 11 is 0. The van der Waals surface area contributed by atoms with Crippen LogP contribution in [0.3, 0.4) is 0 Å². The first kappa shape index (κ1) is 15.4. The summed E-state index contributed by atoms with van der Waals surface area (Å²) in [6.07, 6.45) is 3.40. The molecule has 5 heteroatoms. The number of hydrogen-bond donors (Lipinski definition) is 1. The van der Waals surface area contributed by atoms with Gasteiger partial charge < -0.3 is 15.0 Å². The molecule has 0 radical (unpaired) electrons. The first-order valence-electron chi connectivity index (χ1n) is 7.31. The van der Waals surface area contributed by atoms with Crippen molar-refractivity contribution in [3.05, 3.63) is 24.3 Å². The molecule has 1 aromatic carbocycles. The van der Waals surface area contributed by atoms with E-state index < -0.39 is 0 Å². The fraction of sp³-hybridized carbons (Fsp3) is 0.500. The molecule has 1 fully saturated rings. The number of hydrogen-bond acceptors (Lipinski definition) is 3. The lowest BCUT2D eigenvalue weighted by molar-refractivity contribution is -0.118. The molecule has 0 aromatic heterocycles. The van der Waals surface area contributed by atoms with E-state index in [-0.39, 0.29) is 17.9 Å². The highest BCUT2D eigenvalue weighted by molar-refractivity contribution is 5.90. The van der Waals surface area contributed by atoms with E-state index in [1.54, 1.807) is 43.2 Å². The average Bonchev–Trinajstić information content (AvgIpc) is 2.48. The maximum absolute atomic E-state index is 12.4. The molecule has 1 N–H and O–H groups in total. The molecule has 0 spiro atoms. The zero-order valence-corrected chi connectivity index (χ0v) is 12.6. The van der Waals surface area contributed by atoms with Crippen LogP contribution >= 0.6 is 0 Å². The molecule has 1 heterocycles. The Hall–Kier alpha value is -2.04. The standard InChI is InChI=1S/C16H22N2O3/c1-12(19)11-14-5-3-4-10-18(14)16(20)17-13-6-8-15(21-2)9-7-13/h6-9,14H,3-5,10-11H2,1-2H3,(H,17,20). The fourth-order valence-electron chi connectivity index (χ4n) is 2.68. The second-order valence-corrected chi connectivity index (χ2v) is 5.41. The summed E-state index contributed by atoms with van der Waals surface area (Å²) in [6.45, 7) is 2.29. The Morgan fingerprint density at radius 1 is 1.29 bits per heavy atom. The Kier molecular flexibility index (Phi) is 5.20. The normalized spacial score (nSPS) is 18.2. The van der Waals surface area contributed by atoms with Gasteiger partial charge >= 0.3 is 6.03 Å². The number of anilines is 1. The summed E-state index contributed by atoms with van der Waals surface area (Å²) in [5.74, 6) is 0.879. The lowest BCUT2D eigenvalue weighted by atomic mass is 9.98. The summed E-state index contributed by atoms with van der Waals surface area (Å²) in [4.78, 5) is 25.5. The minimum absolute atomic E-state index is 0.0227. The molecule has 5 nitrogen and oxygen atoms in total. The third kappa shape index (κ3) is 4.21. The Bertz CT molecular complexity index is 499. The van der Waals surface area contributed by atoms with Crippen LogP contribution in [-0.2, 0) is 4.79 Å². The summed E-state index contributed by atoms with van der Waals surface area (Å²) in [7, 11) is 1.60. The zero-order valence-electron chi connectivity index (χ0n) is 12.6. The largest absolute Gasteiger partial charge is 0.497 e. The van der Waals surface area contributed by atoms with Gasteiger partial charge in [0.25, 0.3) is 0 Å². The van der Waals surface area contributed by atoms with Gasteiger partial charge in [0.15, 0.2) is 0 Å². The number of nitrogens with zero attached hydrogens (tertiary/aromatic N) is 1. The molecule has 0 bridgehead atoms. The van der Waals surface area contributed by atoms with Gasteiger partial charge in [0.1, 0.15) is 11.5 Å². The van der Waals surface area contributed by atoms with Gasteiger partial charge in [0.2, 0.25) is 0 Å². The van der Waals surface area contributed by atoms with Gasteiger partial charge in [-0.3, -0.25) is 4.79 Å². The molecule has 21 heavy (non-hydrogen) atoms. The second-order valence-electron chi connectivity index (χ2n) is 5.41. The zero-order chi connectivity index (χ0) is 15.2. The van der Waals surface area contributed by atoms with Crippen molar-refractivity contribution in [3.8, 4) is 5.75 Å². The first-order chi connectivity index (χ1) is 10.1. The van der Waals surface area contributed by atoms with E-state index >= 15 is 0 Å². The number of carbonyl (C=O) groups excluding carboxylic acids is 2. The van der Waals surface area contributed by atoms with Gasteiger partial charge in [-0.05, 0) is 50.5 Å². The number of amides is 2. The smallest absolute Gasteiger partial charge is 0.322 e. The Labute approximate surface area is 125 Å². The van der Waals surface area contributed by atoms with Crippen LogP contribution in [0.4, 0.5) is 10.5 Å². The number of piperidine rings is 1. The minimum atomic E-state index is -0.133. The number of nitrogens with one attached hydrogen (secondary N) is 1. The van der Waals surface area contributed by atoms with Gasteiger partial charge in [-0.25, -0.2) is 4.79 Å². The van der Waals surface area contributed by atoms with Crippen LogP contribution in [0.5, 0.6) is 5.75 Å². The van der Waals surface area contributed by atoms with Gasteiger partial charge in [-0.15, -0.1) is 0 Å². The van der Waals surface area contributed by atoms with Crippen molar-refractivity contribution in [3.63, 3.8) is 0 Å². The molecule has 114 valence electrons. The SMILES string of the molecule is COc1ccc(NC(=O)N2CCCCC2CC(C)=O)cc1. The maximum atomic E-state index is 12.4. The molecule has 0 aliphatic carbocycles. The van der Waals surface area contributed by atoms with Gasteiger partial charge in [0.05, 0.1) is 7.11 Å². The number of likely N-dealkylation sites (tertiary alicyclic amines) is 1. The highest BCUT2D eigenvalue weighted by Gasteiger charge is 2.27. The molecule has 1 aliphatic rings. The molecule has 2 amide bonds. The number of methoxy groups -OCH3 is 1. The first-order valence-corrected chi connectivity index (χ1v) is 7.31. The predicted octanol–water partition coefficient (Wildman–Crippen LogP) is 3.06. The van der Waals surface area contributed by atoms with Crippen LogP contribution in [0.1, 0.15) is 32.6 Å². The second kappa shape index (κ2) is 7.11. The molecular formula is C16H22N2O3. The van der Waals surface area contributed by atoms with Crippen molar-refractivity contribution in [2.24, 2.45) is 0 Å². The number of ether oxygens (including phenoxy) is 1. The number of carbonyl (C=O) groups is 2. The number of ketones is 1. The topological polar surface area (TPSA) is 58.6 Å². The third-order valence-corrected chi connectivity index (χ3v) is 3.75. The average molecular weight is 290 g/mol. The molecule has 1 aliphatic heterocycles. The molecule has 1 atom stereocenters. The van der Waals surface area contributed by atoms with E-state index in [1.165, 1.54) is 0 Å². The predicted molar refractivity (Wildman–Crippen MR) is 81.7 cm³/mol. The minimum Gasteiger partial charge on any atom is -0.497 e. The maximum Gasteiger partial charge on any atom is 0.322 e. The fourth-order valence-corrected chi connectivity index (χ4v) is 2.68. The van der Waals surface area contributed by atoms with E-state index in [4.69, 9.17) is 4.74 Å². The van der Waals surface area contributed by atoms with Crippen molar-refractivity contribution in [1.82, 2.24) is 4.90 Å². The molecule has 1 unspecified atom stereocenters. The van der Waals surface area contributed by atoms with Crippen molar-refractivity contribution < 1.29 is 14.3 Å². The van der Waals surface area contributed by atoms with Crippen LogP contribution in [0.2, 0.25) is 0 Å². The van der Waals surface area contributed by atoms with E-state index in [2.05, 4.69) is 5.32 Å². The molecular weight excluding hydrogens is 268 g/mol. The lowest BCUT2D eigenvalue weighted by Crippen LogP contribution is -2.46. The lowest BCUT2D eigenvalue weighted by Gasteiger charge is -2.35. The van der Waals surface area contributed by atoms with Crippen LogP contribution in [0.25, 0.3) is 0 Å². The molecule has 1 saturated heterocycles. The van der Waals surface area contributed by atoms with Crippen molar-refractivity contribution in [2.75, 3.05) is 19.0 Å². The van der Waals surface area contributed by atoms with E-state index in [9.17, 15) is 9.59 Å². The Morgan fingerprint density at radius 2 is 2.00 bits per heavy atom. The van der Waals surface area contributed by atoms with Crippen molar-refractivity contribution in [2.45, 2.75) is 38.6 Å². The molecule has 0 saturated carbocycles. The summed E-state index contributed by atoms with van der Waals surface area (Å²) in [5, 5.41) is 2.89. The van der Waals surface area contributed by atoms with Gasteiger partial charge in [-0.1, -0.05) is 0 Å². The van der Waals surface area contributed by atoms with Crippen molar-refractivity contribution >= 4 is 17.5 Å². The van der Waals surface area contributed by atoms with Crippen LogP contribution in [-0.4, -0.2) is 36.4 Å².